The summed E-state index contributed by atoms with van der Waals surface area (Å²) >= 11 is 1.43. The summed E-state index contributed by atoms with van der Waals surface area (Å²) in [6, 6.07) is 4.90. The molecule has 1 heterocycles. The van der Waals surface area contributed by atoms with Gasteiger partial charge in [-0.25, -0.2) is 4.68 Å². The summed E-state index contributed by atoms with van der Waals surface area (Å²) in [6.45, 7) is 6.02. The number of hydrogen-bond acceptors (Lipinski definition) is 7. The molecule has 0 spiro atoms. The molecule has 2 aromatic rings. The first-order valence-corrected chi connectivity index (χ1v) is 7.54. The van der Waals surface area contributed by atoms with Crippen molar-refractivity contribution in [3.8, 4) is 5.75 Å². The highest BCUT2D eigenvalue weighted by Gasteiger charge is 2.20. The van der Waals surface area contributed by atoms with Gasteiger partial charge in [-0.3, -0.25) is 10.1 Å². The van der Waals surface area contributed by atoms with Crippen LogP contribution in [0.1, 0.15) is 26.3 Å². The normalized spacial score (nSPS) is 11.5. The fourth-order valence-electron chi connectivity index (χ4n) is 1.81. The monoisotopic (exact) mass is 323 g/mol. The molecule has 0 fully saturated rings. The highest BCUT2D eigenvalue weighted by molar-refractivity contribution is 7.98. The Morgan fingerprint density at radius 2 is 2.14 bits per heavy atom. The van der Waals surface area contributed by atoms with Crippen LogP contribution >= 0.6 is 11.8 Å². The van der Waals surface area contributed by atoms with Crippen molar-refractivity contribution in [3.63, 3.8) is 0 Å². The second-order valence-corrected chi connectivity index (χ2v) is 6.54. The van der Waals surface area contributed by atoms with Gasteiger partial charge in [-0.05, 0) is 42.8 Å². The number of tetrazole rings is 1. The van der Waals surface area contributed by atoms with E-state index < -0.39 is 4.92 Å². The van der Waals surface area contributed by atoms with E-state index in [0.717, 1.165) is 5.56 Å². The Hall–Kier alpha value is -2.16. The van der Waals surface area contributed by atoms with Crippen LogP contribution in [-0.2, 0) is 11.3 Å². The molecule has 9 heteroatoms. The topological polar surface area (TPSA) is 96.0 Å². The van der Waals surface area contributed by atoms with Crippen LogP contribution < -0.4 is 4.74 Å². The van der Waals surface area contributed by atoms with Crippen LogP contribution in [0, 0.1) is 10.1 Å². The molecule has 0 N–H and O–H groups in total. The summed E-state index contributed by atoms with van der Waals surface area (Å²) in [5.41, 5.74) is 0.537. The van der Waals surface area contributed by atoms with Crippen molar-refractivity contribution in [1.29, 1.82) is 0 Å². The lowest BCUT2D eigenvalue weighted by atomic mass is 10.1. The zero-order chi connectivity index (χ0) is 16.3. The van der Waals surface area contributed by atoms with E-state index in [4.69, 9.17) is 4.74 Å². The van der Waals surface area contributed by atoms with Crippen molar-refractivity contribution in [2.75, 3.05) is 7.11 Å². The Bertz CT molecular complexity index is 681. The first kappa shape index (κ1) is 16.2. The zero-order valence-electron chi connectivity index (χ0n) is 12.8. The van der Waals surface area contributed by atoms with Gasteiger partial charge in [0.25, 0.3) is 0 Å². The van der Waals surface area contributed by atoms with Gasteiger partial charge in [0, 0.05) is 11.8 Å². The zero-order valence-corrected chi connectivity index (χ0v) is 13.6. The highest BCUT2D eigenvalue weighted by atomic mass is 32.2. The SMILES string of the molecule is COc1ccc(CSc2nnnn2C(C)(C)C)cc1[N+](=O)[O-]. The maximum absolute atomic E-state index is 11.0. The van der Waals surface area contributed by atoms with E-state index in [1.54, 1.807) is 16.8 Å². The molecule has 0 atom stereocenters. The first-order chi connectivity index (χ1) is 10.3. The molecule has 118 valence electrons. The summed E-state index contributed by atoms with van der Waals surface area (Å²) in [6.07, 6.45) is 0. The molecule has 22 heavy (non-hydrogen) atoms. The summed E-state index contributed by atoms with van der Waals surface area (Å²) in [4.78, 5) is 10.6. The van der Waals surface area contributed by atoms with Crippen molar-refractivity contribution >= 4 is 17.4 Å². The van der Waals surface area contributed by atoms with E-state index in [0.29, 0.717) is 10.9 Å². The number of aromatic nitrogens is 4. The minimum Gasteiger partial charge on any atom is -0.490 e. The molecule has 0 bridgehead atoms. The van der Waals surface area contributed by atoms with Gasteiger partial charge in [0.15, 0.2) is 5.75 Å². The Kier molecular flexibility index (Phi) is 4.65. The van der Waals surface area contributed by atoms with Crippen LogP contribution in [0.5, 0.6) is 5.75 Å². The van der Waals surface area contributed by atoms with Crippen LogP contribution in [0.2, 0.25) is 0 Å². The smallest absolute Gasteiger partial charge is 0.311 e. The van der Waals surface area contributed by atoms with E-state index in [2.05, 4.69) is 15.5 Å². The third-order valence-corrected chi connectivity index (χ3v) is 3.87. The third kappa shape index (κ3) is 3.53. The Labute approximate surface area is 132 Å². The number of benzene rings is 1. The number of rotatable bonds is 5. The van der Waals surface area contributed by atoms with E-state index >= 15 is 0 Å². The fraction of sp³-hybridized carbons (Fsp3) is 0.462. The fourth-order valence-corrected chi connectivity index (χ4v) is 2.81. The molecule has 0 radical (unpaired) electrons. The van der Waals surface area contributed by atoms with Gasteiger partial charge >= 0.3 is 5.69 Å². The summed E-state index contributed by atoms with van der Waals surface area (Å²) < 4.78 is 6.72. The minimum atomic E-state index is -0.452. The van der Waals surface area contributed by atoms with Gasteiger partial charge in [0.05, 0.1) is 17.6 Å². The molecular formula is C13H17N5O3S. The number of hydrogen-bond donors (Lipinski definition) is 0. The molecule has 8 nitrogen and oxygen atoms in total. The van der Waals surface area contributed by atoms with Gasteiger partial charge in [-0.1, -0.05) is 17.8 Å². The number of methoxy groups -OCH3 is 1. The average Bonchev–Trinajstić information content (AvgIpc) is 2.93. The molecule has 0 aliphatic heterocycles. The molecule has 0 aliphatic carbocycles. The summed E-state index contributed by atoms with van der Waals surface area (Å²) in [5, 5.41) is 23.4. The molecule has 1 aromatic carbocycles. The third-order valence-electron chi connectivity index (χ3n) is 2.88. The van der Waals surface area contributed by atoms with Gasteiger partial charge in [0.2, 0.25) is 5.16 Å². The molecule has 0 aliphatic rings. The summed E-state index contributed by atoms with van der Waals surface area (Å²) in [5.74, 6) is 0.777. The second kappa shape index (κ2) is 6.30. The quantitative estimate of drug-likeness (QED) is 0.474. The molecule has 0 unspecified atom stereocenters. The minimum absolute atomic E-state index is 0.0454. The maximum atomic E-state index is 11.0. The van der Waals surface area contributed by atoms with Crippen LogP contribution in [0.15, 0.2) is 23.4 Å². The Morgan fingerprint density at radius 1 is 1.41 bits per heavy atom. The van der Waals surface area contributed by atoms with Gasteiger partial charge in [-0.15, -0.1) is 5.10 Å². The predicted molar refractivity (Wildman–Crippen MR) is 82.0 cm³/mol. The molecule has 0 amide bonds. The van der Waals surface area contributed by atoms with E-state index in [-0.39, 0.29) is 17.0 Å². The largest absolute Gasteiger partial charge is 0.490 e. The number of nitro benzene ring substituents is 1. The predicted octanol–water partition coefficient (Wildman–Crippen LogP) is 2.64. The summed E-state index contributed by atoms with van der Waals surface area (Å²) in [7, 11) is 1.41. The molecular weight excluding hydrogens is 306 g/mol. The first-order valence-electron chi connectivity index (χ1n) is 6.56. The Morgan fingerprint density at radius 3 is 2.73 bits per heavy atom. The highest BCUT2D eigenvalue weighted by Crippen LogP contribution is 2.30. The van der Waals surface area contributed by atoms with Crippen LogP contribution in [-0.4, -0.2) is 32.2 Å². The van der Waals surface area contributed by atoms with E-state index in [1.807, 2.05) is 20.8 Å². The van der Waals surface area contributed by atoms with E-state index in [1.165, 1.54) is 24.9 Å². The molecule has 1 aromatic heterocycles. The standard InChI is InChI=1S/C13H17N5O3S/c1-13(2,3)17-12(14-15-16-17)22-8-9-5-6-11(21-4)10(7-9)18(19)20/h5-7H,8H2,1-4H3. The van der Waals surface area contributed by atoms with E-state index in [9.17, 15) is 10.1 Å². The van der Waals surface area contributed by atoms with Crippen molar-refractivity contribution in [2.24, 2.45) is 0 Å². The van der Waals surface area contributed by atoms with Crippen LogP contribution in [0.3, 0.4) is 0 Å². The van der Waals surface area contributed by atoms with Gasteiger partial charge in [0.1, 0.15) is 0 Å². The van der Waals surface area contributed by atoms with Crippen molar-refractivity contribution in [2.45, 2.75) is 37.2 Å². The van der Waals surface area contributed by atoms with Crippen LogP contribution in [0.25, 0.3) is 0 Å². The lowest BCUT2D eigenvalue weighted by Crippen LogP contribution is -2.24. The second-order valence-electron chi connectivity index (χ2n) is 5.60. The molecule has 0 saturated carbocycles. The number of thioether (sulfide) groups is 1. The molecule has 2 rings (SSSR count). The van der Waals surface area contributed by atoms with Crippen molar-refractivity contribution in [1.82, 2.24) is 20.2 Å². The van der Waals surface area contributed by atoms with Crippen molar-refractivity contribution < 1.29 is 9.66 Å². The van der Waals surface area contributed by atoms with Gasteiger partial charge < -0.3 is 4.74 Å². The number of nitro groups is 1. The lowest BCUT2D eigenvalue weighted by molar-refractivity contribution is -0.385. The lowest BCUT2D eigenvalue weighted by Gasteiger charge is -2.19. The van der Waals surface area contributed by atoms with Gasteiger partial charge in [-0.2, -0.15) is 0 Å². The molecule has 0 saturated heterocycles. The Balaban J connectivity index is 2.18. The average molecular weight is 323 g/mol. The number of ether oxygens (including phenoxy) is 1. The maximum Gasteiger partial charge on any atom is 0.311 e. The van der Waals surface area contributed by atoms with Crippen molar-refractivity contribution in [3.05, 3.63) is 33.9 Å². The number of nitrogens with zero attached hydrogens (tertiary/aromatic N) is 5. The van der Waals surface area contributed by atoms with Crippen LogP contribution in [0.4, 0.5) is 5.69 Å².